The standard InChI is InChI=1S/C16H21BrN2O/c1-12-13(3-2-4-14(12)17)15(20)19-9-6-16(7-10-19)5-8-18-11-16/h2-4,18H,5-11H2,1H3. The van der Waals surface area contributed by atoms with Gasteiger partial charge in [-0.2, -0.15) is 0 Å². The van der Waals surface area contributed by atoms with E-state index >= 15 is 0 Å². The van der Waals surface area contributed by atoms with E-state index in [4.69, 9.17) is 0 Å². The van der Waals surface area contributed by atoms with Gasteiger partial charge < -0.3 is 10.2 Å². The van der Waals surface area contributed by atoms with Crippen LogP contribution in [0.2, 0.25) is 0 Å². The van der Waals surface area contributed by atoms with Gasteiger partial charge in [0.05, 0.1) is 0 Å². The molecule has 1 aromatic carbocycles. The summed E-state index contributed by atoms with van der Waals surface area (Å²) in [6.07, 6.45) is 3.54. The zero-order chi connectivity index (χ0) is 14.2. The summed E-state index contributed by atoms with van der Waals surface area (Å²) in [4.78, 5) is 14.7. The van der Waals surface area contributed by atoms with Crippen LogP contribution in [0.4, 0.5) is 0 Å². The number of hydrogen-bond donors (Lipinski definition) is 1. The van der Waals surface area contributed by atoms with Crippen LogP contribution in [0.5, 0.6) is 0 Å². The first-order chi connectivity index (χ1) is 9.61. The summed E-state index contributed by atoms with van der Waals surface area (Å²) in [5.74, 6) is 0.185. The first-order valence-electron chi connectivity index (χ1n) is 7.36. The molecule has 3 nitrogen and oxygen atoms in total. The van der Waals surface area contributed by atoms with Gasteiger partial charge in [0.2, 0.25) is 0 Å². The molecular formula is C16H21BrN2O. The third-order valence-corrected chi connectivity index (χ3v) is 5.80. The van der Waals surface area contributed by atoms with Gasteiger partial charge in [0.25, 0.3) is 5.91 Å². The van der Waals surface area contributed by atoms with Crippen molar-refractivity contribution in [3.63, 3.8) is 0 Å². The molecule has 0 unspecified atom stereocenters. The first kappa shape index (κ1) is 14.1. The number of rotatable bonds is 1. The van der Waals surface area contributed by atoms with E-state index in [1.54, 1.807) is 0 Å². The summed E-state index contributed by atoms with van der Waals surface area (Å²) in [7, 11) is 0. The van der Waals surface area contributed by atoms with Crippen LogP contribution in [0.1, 0.15) is 35.2 Å². The number of halogens is 1. The molecule has 0 radical (unpaired) electrons. The van der Waals surface area contributed by atoms with Gasteiger partial charge in [-0.3, -0.25) is 4.79 Å². The van der Waals surface area contributed by atoms with Crippen molar-refractivity contribution in [2.45, 2.75) is 26.2 Å². The lowest BCUT2D eigenvalue weighted by Gasteiger charge is -2.39. The van der Waals surface area contributed by atoms with Gasteiger partial charge in [-0.25, -0.2) is 0 Å². The van der Waals surface area contributed by atoms with Crippen molar-refractivity contribution < 1.29 is 4.79 Å². The predicted octanol–water partition coefficient (Wildman–Crippen LogP) is 2.97. The normalized spacial score (nSPS) is 21.4. The van der Waals surface area contributed by atoms with Crippen molar-refractivity contribution in [1.29, 1.82) is 0 Å². The molecule has 108 valence electrons. The molecule has 4 heteroatoms. The van der Waals surface area contributed by atoms with Gasteiger partial charge in [0.1, 0.15) is 0 Å². The van der Waals surface area contributed by atoms with E-state index in [0.717, 1.165) is 54.6 Å². The summed E-state index contributed by atoms with van der Waals surface area (Å²) in [5, 5.41) is 3.47. The number of carbonyl (C=O) groups excluding carboxylic acids is 1. The van der Waals surface area contributed by atoms with Gasteiger partial charge in [-0.1, -0.05) is 22.0 Å². The fourth-order valence-electron chi connectivity index (χ4n) is 3.42. The van der Waals surface area contributed by atoms with E-state index in [-0.39, 0.29) is 5.91 Å². The number of piperidine rings is 1. The lowest BCUT2D eigenvalue weighted by Crippen LogP contribution is -2.44. The van der Waals surface area contributed by atoms with Gasteiger partial charge in [-0.05, 0) is 55.8 Å². The number of carbonyl (C=O) groups is 1. The topological polar surface area (TPSA) is 32.3 Å². The average molecular weight is 337 g/mol. The van der Waals surface area contributed by atoms with Crippen molar-refractivity contribution in [2.75, 3.05) is 26.2 Å². The van der Waals surface area contributed by atoms with Gasteiger partial charge in [0, 0.05) is 29.7 Å². The maximum atomic E-state index is 12.7. The molecule has 0 aromatic heterocycles. The van der Waals surface area contributed by atoms with Crippen molar-refractivity contribution in [2.24, 2.45) is 5.41 Å². The molecule has 0 bridgehead atoms. The van der Waals surface area contributed by atoms with Gasteiger partial charge >= 0.3 is 0 Å². The van der Waals surface area contributed by atoms with E-state index in [2.05, 4.69) is 21.2 Å². The Hall–Kier alpha value is -0.870. The highest BCUT2D eigenvalue weighted by molar-refractivity contribution is 9.10. The molecular weight excluding hydrogens is 316 g/mol. The molecule has 3 rings (SSSR count). The summed E-state index contributed by atoms with van der Waals surface area (Å²) in [6, 6.07) is 5.86. The van der Waals surface area contributed by atoms with Crippen LogP contribution < -0.4 is 5.32 Å². The van der Waals surface area contributed by atoms with Gasteiger partial charge in [0.15, 0.2) is 0 Å². The van der Waals surface area contributed by atoms with Crippen LogP contribution in [0.25, 0.3) is 0 Å². The lowest BCUT2D eigenvalue weighted by molar-refractivity contribution is 0.0607. The Kier molecular flexibility index (Phi) is 3.87. The number of hydrogen-bond acceptors (Lipinski definition) is 2. The van der Waals surface area contributed by atoms with Crippen molar-refractivity contribution in [1.82, 2.24) is 10.2 Å². The van der Waals surface area contributed by atoms with Crippen LogP contribution in [0.3, 0.4) is 0 Å². The number of nitrogens with zero attached hydrogens (tertiary/aromatic N) is 1. The summed E-state index contributed by atoms with van der Waals surface area (Å²) in [5.41, 5.74) is 2.34. The van der Waals surface area contributed by atoms with Crippen LogP contribution in [0, 0.1) is 12.3 Å². The Balaban J connectivity index is 1.71. The number of nitrogens with one attached hydrogen (secondary N) is 1. The molecule has 2 saturated heterocycles. The molecule has 0 saturated carbocycles. The lowest BCUT2D eigenvalue weighted by atomic mass is 9.77. The van der Waals surface area contributed by atoms with Crippen molar-refractivity contribution in [3.8, 4) is 0 Å². The third kappa shape index (κ3) is 2.51. The van der Waals surface area contributed by atoms with Gasteiger partial charge in [-0.15, -0.1) is 0 Å². The quantitative estimate of drug-likeness (QED) is 0.855. The highest BCUT2D eigenvalue weighted by atomic mass is 79.9. The minimum Gasteiger partial charge on any atom is -0.339 e. The Morgan fingerprint density at radius 1 is 1.30 bits per heavy atom. The Morgan fingerprint density at radius 3 is 2.70 bits per heavy atom. The third-order valence-electron chi connectivity index (χ3n) is 4.94. The highest BCUT2D eigenvalue weighted by Gasteiger charge is 2.38. The van der Waals surface area contributed by atoms with E-state index < -0.39 is 0 Å². The second-order valence-electron chi connectivity index (χ2n) is 6.13. The molecule has 2 aliphatic heterocycles. The summed E-state index contributed by atoms with van der Waals surface area (Å²) in [6.45, 7) is 6.06. The van der Waals surface area contributed by atoms with E-state index in [0.29, 0.717) is 5.41 Å². The Morgan fingerprint density at radius 2 is 2.05 bits per heavy atom. The maximum absolute atomic E-state index is 12.7. The van der Waals surface area contributed by atoms with E-state index in [1.807, 2.05) is 30.0 Å². The number of likely N-dealkylation sites (tertiary alicyclic amines) is 1. The van der Waals surface area contributed by atoms with E-state index in [9.17, 15) is 4.79 Å². The average Bonchev–Trinajstić information content (AvgIpc) is 2.90. The Labute approximate surface area is 128 Å². The number of benzene rings is 1. The zero-order valence-corrected chi connectivity index (χ0v) is 13.5. The molecule has 1 amide bonds. The molecule has 1 N–H and O–H groups in total. The molecule has 20 heavy (non-hydrogen) atoms. The summed E-state index contributed by atoms with van der Waals surface area (Å²) >= 11 is 3.51. The smallest absolute Gasteiger partial charge is 0.254 e. The van der Waals surface area contributed by atoms with E-state index in [1.165, 1.54) is 6.42 Å². The fourth-order valence-corrected chi connectivity index (χ4v) is 3.78. The SMILES string of the molecule is Cc1c(Br)cccc1C(=O)N1CCC2(CCNC2)CC1. The Bertz CT molecular complexity index is 513. The molecule has 1 spiro atoms. The minimum atomic E-state index is 0.185. The van der Waals surface area contributed by atoms with Crippen LogP contribution in [-0.4, -0.2) is 37.0 Å². The van der Waals surface area contributed by atoms with Crippen molar-refractivity contribution in [3.05, 3.63) is 33.8 Å². The molecule has 1 aromatic rings. The zero-order valence-electron chi connectivity index (χ0n) is 11.9. The molecule has 2 heterocycles. The molecule has 0 aliphatic carbocycles. The molecule has 2 aliphatic rings. The molecule has 2 fully saturated rings. The minimum absolute atomic E-state index is 0.185. The fraction of sp³-hybridized carbons (Fsp3) is 0.562. The number of amides is 1. The second-order valence-corrected chi connectivity index (χ2v) is 6.99. The monoisotopic (exact) mass is 336 g/mol. The maximum Gasteiger partial charge on any atom is 0.254 e. The van der Waals surface area contributed by atoms with Crippen molar-refractivity contribution >= 4 is 21.8 Å². The predicted molar refractivity (Wildman–Crippen MR) is 83.9 cm³/mol. The second kappa shape index (κ2) is 5.49. The highest BCUT2D eigenvalue weighted by Crippen LogP contribution is 2.37. The largest absolute Gasteiger partial charge is 0.339 e. The van der Waals surface area contributed by atoms with Crippen LogP contribution in [0.15, 0.2) is 22.7 Å². The van der Waals surface area contributed by atoms with Crippen LogP contribution >= 0.6 is 15.9 Å². The van der Waals surface area contributed by atoms with Crippen LogP contribution in [-0.2, 0) is 0 Å². The summed E-state index contributed by atoms with van der Waals surface area (Å²) < 4.78 is 1.01. The molecule has 0 atom stereocenters. The first-order valence-corrected chi connectivity index (χ1v) is 8.16.